The fourth-order valence-corrected chi connectivity index (χ4v) is 2.95. The lowest BCUT2D eigenvalue weighted by atomic mass is 9.99. The van der Waals surface area contributed by atoms with Crippen LogP contribution in [0, 0.1) is 0 Å². The number of carbonyl (C=O) groups excluding carboxylic acids is 2. The Morgan fingerprint density at radius 3 is 3.10 bits per heavy atom. The third kappa shape index (κ3) is 4.28. The molecule has 1 aromatic heterocycles. The summed E-state index contributed by atoms with van der Waals surface area (Å²) >= 11 is 1.39. The molecule has 1 aliphatic heterocycles. The van der Waals surface area contributed by atoms with Gasteiger partial charge in [0.1, 0.15) is 0 Å². The first-order chi connectivity index (χ1) is 9.69. The summed E-state index contributed by atoms with van der Waals surface area (Å²) in [6, 6.07) is 0.0956. The molecule has 0 aliphatic carbocycles. The first kappa shape index (κ1) is 14.9. The van der Waals surface area contributed by atoms with Gasteiger partial charge in [0.15, 0.2) is 5.13 Å². The number of nitrogens with one attached hydrogen (secondary N) is 1. The van der Waals surface area contributed by atoms with Crippen LogP contribution in [0.1, 0.15) is 25.7 Å². The SMILES string of the molecule is COC(=O)CC1CCCCN1CC(=O)Nc1nccs1. The number of rotatable bonds is 5. The molecule has 1 aliphatic rings. The smallest absolute Gasteiger partial charge is 0.307 e. The number of nitrogens with zero attached hydrogens (tertiary/aromatic N) is 2. The van der Waals surface area contributed by atoms with E-state index in [-0.39, 0.29) is 17.9 Å². The molecule has 2 rings (SSSR count). The number of piperidine rings is 1. The number of aromatic nitrogens is 1. The second-order valence-corrected chi connectivity index (χ2v) is 5.68. The summed E-state index contributed by atoms with van der Waals surface area (Å²) in [6.45, 7) is 1.13. The van der Waals surface area contributed by atoms with E-state index in [0.29, 0.717) is 18.1 Å². The van der Waals surface area contributed by atoms with E-state index in [9.17, 15) is 9.59 Å². The normalized spacial score (nSPS) is 19.6. The van der Waals surface area contributed by atoms with E-state index >= 15 is 0 Å². The van der Waals surface area contributed by atoms with E-state index in [1.165, 1.54) is 18.4 Å². The van der Waals surface area contributed by atoms with Gasteiger partial charge in [-0.1, -0.05) is 6.42 Å². The van der Waals surface area contributed by atoms with Crippen molar-refractivity contribution in [2.75, 3.05) is 25.5 Å². The fourth-order valence-electron chi connectivity index (χ4n) is 2.40. The summed E-state index contributed by atoms with van der Waals surface area (Å²) in [7, 11) is 1.39. The lowest BCUT2D eigenvalue weighted by Gasteiger charge is -2.34. The number of hydrogen-bond acceptors (Lipinski definition) is 6. The Bertz CT molecular complexity index is 450. The van der Waals surface area contributed by atoms with E-state index < -0.39 is 0 Å². The fraction of sp³-hybridized carbons (Fsp3) is 0.615. The first-order valence-corrected chi connectivity index (χ1v) is 7.57. The number of hydrogen-bond donors (Lipinski definition) is 1. The topological polar surface area (TPSA) is 71.5 Å². The van der Waals surface area contributed by atoms with Crippen LogP contribution in [-0.4, -0.2) is 48.0 Å². The van der Waals surface area contributed by atoms with E-state index in [4.69, 9.17) is 4.74 Å². The van der Waals surface area contributed by atoms with Crippen LogP contribution in [0.5, 0.6) is 0 Å². The van der Waals surface area contributed by atoms with E-state index in [1.54, 1.807) is 6.20 Å². The van der Waals surface area contributed by atoms with Crippen LogP contribution in [0.4, 0.5) is 5.13 Å². The number of thiazole rings is 1. The summed E-state index contributed by atoms with van der Waals surface area (Å²) in [4.78, 5) is 29.5. The number of methoxy groups -OCH3 is 1. The maximum atomic E-state index is 12.0. The van der Waals surface area contributed by atoms with Gasteiger partial charge in [0.25, 0.3) is 0 Å². The highest BCUT2D eigenvalue weighted by molar-refractivity contribution is 7.13. The number of esters is 1. The number of carbonyl (C=O) groups is 2. The predicted octanol–water partition coefficient (Wildman–Crippen LogP) is 1.50. The molecule has 1 saturated heterocycles. The van der Waals surface area contributed by atoms with Crippen molar-refractivity contribution in [2.24, 2.45) is 0 Å². The second kappa shape index (κ2) is 7.35. The summed E-state index contributed by atoms with van der Waals surface area (Å²) in [5.74, 6) is -0.307. The Morgan fingerprint density at radius 2 is 2.40 bits per heavy atom. The quantitative estimate of drug-likeness (QED) is 0.834. The summed E-state index contributed by atoms with van der Waals surface area (Å²) in [6.07, 6.45) is 5.08. The molecule has 20 heavy (non-hydrogen) atoms. The maximum absolute atomic E-state index is 12.0. The first-order valence-electron chi connectivity index (χ1n) is 6.69. The van der Waals surface area contributed by atoms with Crippen LogP contribution in [0.25, 0.3) is 0 Å². The zero-order valence-corrected chi connectivity index (χ0v) is 12.3. The van der Waals surface area contributed by atoms with Gasteiger partial charge < -0.3 is 10.1 Å². The molecule has 0 spiro atoms. The van der Waals surface area contributed by atoms with Crippen LogP contribution in [0.2, 0.25) is 0 Å². The molecule has 7 heteroatoms. The molecule has 1 atom stereocenters. The summed E-state index contributed by atoms with van der Waals surface area (Å²) in [5, 5.41) is 5.19. The van der Waals surface area contributed by atoms with Crippen LogP contribution in [-0.2, 0) is 14.3 Å². The summed E-state index contributed by atoms with van der Waals surface area (Å²) in [5.41, 5.74) is 0. The summed E-state index contributed by atoms with van der Waals surface area (Å²) < 4.78 is 4.72. The minimum Gasteiger partial charge on any atom is -0.469 e. The molecular formula is C13H19N3O3S. The van der Waals surface area contributed by atoms with E-state index in [1.807, 2.05) is 5.38 Å². The largest absolute Gasteiger partial charge is 0.469 e. The van der Waals surface area contributed by atoms with Gasteiger partial charge in [-0.3, -0.25) is 14.5 Å². The third-order valence-corrected chi connectivity index (χ3v) is 4.09. The molecule has 6 nitrogen and oxygen atoms in total. The molecule has 0 bridgehead atoms. The highest BCUT2D eigenvalue weighted by Crippen LogP contribution is 2.20. The lowest BCUT2D eigenvalue weighted by Crippen LogP contribution is -2.45. The molecule has 0 aromatic carbocycles. The monoisotopic (exact) mass is 297 g/mol. The van der Waals surface area contributed by atoms with Crippen molar-refractivity contribution in [3.8, 4) is 0 Å². The third-order valence-electron chi connectivity index (χ3n) is 3.40. The Balaban J connectivity index is 1.87. The van der Waals surface area contributed by atoms with E-state index in [0.717, 1.165) is 25.8 Å². The van der Waals surface area contributed by atoms with Gasteiger partial charge in [0.2, 0.25) is 5.91 Å². The number of amides is 1. The van der Waals surface area contributed by atoms with Crippen molar-refractivity contribution < 1.29 is 14.3 Å². The molecule has 1 unspecified atom stereocenters. The molecule has 1 fully saturated rings. The van der Waals surface area contributed by atoms with Crippen molar-refractivity contribution >= 4 is 28.3 Å². The molecule has 2 heterocycles. The van der Waals surface area contributed by atoms with Crippen LogP contribution < -0.4 is 5.32 Å². The van der Waals surface area contributed by atoms with Crippen molar-refractivity contribution in [2.45, 2.75) is 31.7 Å². The second-order valence-electron chi connectivity index (χ2n) is 4.79. The van der Waals surface area contributed by atoms with Crippen LogP contribution in [0.3, 0.4) is 0 Å². The van der Waals surface area contributed by atoms with Gasteiger partial charge in [0, 0.05) is 17.6 Å². The molecule has 1 amide bonds. The lowest BCUT2D eigenvalue weighted by molar-refractivity contribution is -0.142. The Morgan fingerprint density at radius 1 is 1.55 bits per heavy atom. The van der Waals surface area contributed by atoms with Crippen molar-refractivity contribution in [1.82, 2.24) is 9.88 Å². The molecule has 0 radical (unpaired) electrons. The van der Waals surface area contributed by atoms with Crippen molar-refractivity contribution in [3.05, 3.63) is 11.6 Å². The number of likely N-dealkylation sites (tertiary alicyclic amines) is 1. The van der Waals surface area contributed by atoms with Crippen molar-refractivity contribution in [1.29, 1.82) is 0 Å². The van der Waals surface area contributed by atoms with Crippen LogP contribution in [0.15, 0.2) is 11.6 Å². The molecule has 110 valence electrons. The predicted molar refractivity (Wildman–Crippen MR) is 76.6 cm³/mol. The molecule has 1 aromatic rings. The highest BCUT2D eigenvalue weighted by atomic mass is 32.1. The molecule has 0 saturated carbocycles. The van der Waals surface area contributed by atoms with E-state index in [2.05, 4.69) is 15.2 Å². The molecule has 1 N–H and O–H groups in total. The van der Waals surface area contributed by atoms with Gasteiger partial charge >= 0.3 is 5.97 Å². The zero-order chi connectivity index (χ0) is 14.4. The Labute approximate surface area is 122 Å². The molecular weight excluding hydrogens is 278 g/mol. The minimum absolute atomic E-state index is 0.0864. The standard InChI is InChI=1S/C13H19N3O3S/c1-19-12(18)8-10-4-2-3-6-16(10)9-11(17)15-13-14-5-7-20-13/h5,7,10H,2-4,6,8-9H2,1H3,(H,14,15,17). The van der Waals surface area contributed by atoms with Crippen molar-refractivity contribution in [3.63, 3.8) is 0 Å². The Hall–Kier alpha value is -1.47. The average molecular weight is 297 g/mol. The van der Waals surface area contributed by atoms with Gasteiger partial charge in [-0.2, -0.15) is 0 Å². The van der Waals surface area contributed by atoms with Gasteiger partial charge in [-0.25, -0.2) is 4.98 Å². The van der Waals surface area contributed by atoms with Crippen LogP contribution >= 0.6 is 11.3 Å². The zero-order valence-electron chi connectivity index (χ0n) is 11.5. The number of anilines is 1. The Kier molecular flexibility index (Phi) is 5.49. The highest BCUT2D eigenvalue weighted by Gasteiger charge is 2.26. The number of ether oxygens (including phenoxy) is 1. The minimum atomic E-state index is -0.220. The average Bonchev–Trinajstić information content (AvgIpc) is 2.93. The van der Waals surface area contributed by atoms with Gasteiger partial charge in [-0.15, -0.1) is 11.3 Å². The van der Waals surface area contributed by atoms with Gasteiger partial charge in [0.05, 0.1) is 20.1 Å². The maximum Gasteiger partial charge on any atom is 0.307 e. The van der Waals surface area contributed by atoms with Gasteiger partial charge in [-0.05, 0) is 19.4 Å².